The molecular formula is C23H22N4O6S2. The molecule has 0 unspecified atom stereocenters. The number of pyridine rings is 1. The minimum Gasteiger partial charge on any atom is -0.478 e. The molecular weight excluding hydrogens is 492 g/mol. The standard InChI is InChI=1S/C19H18N4O2S2.C4H4O4/c1-21-10-16-8-19(18-14-26-13-17(18)9-20)23(12-16)27(24,25)7-3-5-15-4-2-6-22-11-15;5-3(6)1-2-4(7)8/h2-6,8,11-14,21H,7,10H2,1H3;1-2H,(H,5,6)(H,7,8)/b;2-1+. The van der Waals surface area contributed by atoms with E-state index in [2.05, 4.69) is 16.4 Å². The largest absolute Gasteiger partial charge is 0.478 e. The van der Waals surface area contributed by atoms with Crippen LogP contribution in [0.15, 0.2) is 65.8 Å². The molecule has 0 aliphatic rings. The van der Waals surface area contributed by atoms with Gasteiger partial charge in [0.2, 0.25) is 10.0 Å². The van der Waals surface area contributed by atoms with Gasteiger partial charge in [0, 0.05) is 53.6 Å². The Morgan fingerprint density at radius 3 is 2.54 bits per heavy atom. The van der Waals surface area contributed by atoms with Crippen molar-refractivity contribution in [2.75, 3.05) is 12.8 Å². The van der Waals surface area contributed by atoms with Crippen LogP contribution in [-0.4, -0.2) is 52.3 Å². The molecule has 10 nitrogen and oxygen atoms in total. The molecule has 0 amide bonds. The Morgan fingerprint density at radius 2 is 1.97 bits per heavy atom. The molecule has 3 N–H and O–H groups in total. The third-order valence-electron chi connectivity index (χ3n) is 4.25. The van der Waals surface area contributed by atoms with E-state index >= 15 is 0 Å². The van der Waals surface area contributed by atoms with Crippen LogP contribution in [-0.2, 0) is 26.2 Å². The molecule has 0 atom stereocenters. The number of carboxylic acids is 2. The summed E-state index contributed by atoms with van der Waals surface area (Å²) in [6, 6.07) is 7.58. The molecule has 35 heavy (non-hydrogen) atoms. The van der Waals surface area contributed by atoms with Crippen molar-refractivity contribution in [3.8, 4) is 17.3 Å². The second-order valence-corrected chi connectivity index (χ2v) is 9.48. The first-order valence-corrected chi connectivity index (χ1v) is 12.5. The van der Waals surface area contributed by atoms with Gasteiger partial charge >= 0.3 is 11.9 Å². The zero-order chi connectivity index (χ0) is 25.8. The highest BCUT2D eigenvalue weighted by molar-refractivity contribution is 7.90. The summed E-state index contributed by atoms with van der Waals surface area (Å²) in [5.41, 5.74) is 3.28. The van der Waals surface area contributed by atoms with E-state index in [9.17, 15) is 23.3 Å². The molecule has 0 saturated heterocycles. The van der Waals surface area contributed by atoms with Crippen LogP contribution in [0.25, 0.3) is 17.3 Å². The number of aliphatic carboxylic acids is 2. The van der Waals surface area contributed by atoms with Crippen molar-refractivity contribution in [3.63, 3.8) is 0 Å². The first-order valence-electron chi connectivity index (χ1n) is 9.94. The van der Waals surface area contributed by atoms with Gasteiger partial charge in [-0.25, -0.2) is 22.0 Å². The summed E-state index contributed by atoms with van der Waals surface area (Å²) >= 11 is 1.38. The number of hydrogen-bond acceptors (Lipinski definition) is 8. The third kappa shape index (κ3) is 8.35. The molecule has 0 saturated carbocycles. The first-order chi connectivity index (χ1) is 16.7. The average Bonchev–Trinajstić information content (AvgIpc) is 3.46. The Balaban J connectivity index is 0.000000466. The first kappa shape index (κ1) is 27.2. The summed E-state index contributed by atoms with van der Waals surface area (Å²) < 4.78 is 27.2. The number of hydrogen-bond donors (Lipinski definition) is 3. The smallest absolute Gasteiger partial charge is 0.328 e. The molecule has 0 fully saturated rings. The van der Waals surface area contributed by atoms with E-state index in [1.807, 2.05) is 12.1 Å². The van der Waals surface area contributed by atoms with E-state index in [1.165, 1.54) is 15.3 Å². The van der Waals surface area contributed by atoms with Gasteiger partial charge in [-0.15, -0.1) is 0 Å². The van der Waals surface area contributed by atoms with E-state index < -0.39 is 22.0 Å². The molecule has 182 valence electrons. The van der Waals surface area contributed by atoms with Gasteiger partial charge in [0.1, 0.15) is 6.07 Å². The molecule has 0 radical (unpaired) electrons. The fourth-order valence-electron chi connectivity index (χ4n) is 2.81. The quantitative estimate of drug-likeness (QED) is 0.364. The van der Waals surface area contributed by atoms with E-state index in [-0.39, 0.29) is 5.75 Å². The molecule has 0 aliphatic carbocycles. The van der Waals surface area contributed by atoms with Crippen LogP contribution in [0.1, 0.15) is 16.7 Å². The summed E-state index contributed by atoms with van der Waals surface area (Å²) in [7, 11) is -1.83. The second-order valence-electron chi connectivity index (χ2n) is 6.85. The lowest BCUT2D eigenvalue weighted by Gasteiger charge is -2.08. The minimum absolute atomic E-state index is 0.158. The highest BCUT2D eigenvalue weighted by Crippen LogP contribution is 2.30. The Bertz CT molecular complexity index is 1350. The molecule has 0 aliphatic heterocycles. The molecule has 0 bridgehead atoms. The minimum atomic E-state index is -3.63. The molecule has 12 heteroatoms. The number of nitriles is 1. The van der Waals surface area contributed by atoms with Gasteiger partial charge in [-0.3, -0.25) is 4.98 Å². The van der Waals surface area contributed by atoms with Crippen LogP contribution in [0.2, 0.25) is 0 Å². The Morgan fingerprint density at radius 1 is 1.26 bits per heavy atom. The van der Waals surface area contributed by atoms with Gasteiger partial charge in [-0.05, 0) is 30.3 Å². The van der Waals surface area contributed by atoms with Crippen LogP contribution in [0, 0.1) is 11.3 Å². The predicted octanol–water partition coefficient (Wildman–Crippen LogP) is 2.81. The lowest BCUT2D eigenvalue weighted by molar-refractivity contribution is -0.134. The predicted molar refractivity (Wildman–Crippen MR) is 132 cm³/mol. The Kier molecular flexibility index (Phi) is 10.1. The highest BCUT2D eigenvalue weighted by Gasteiger charge is 2.20. The lowest BCUT2D eigenvalue weighted by atomic mass is 10.1. The number of rotatable bonds is 9. The Labute approximate surface area is 206 Å². The maximum Gasteiger partial charge on any atom is 0.328 e. The van der Waals surface area contributed by atoms with Crippen LogP contribution in [0.4, 0.5) is 0 Å². The van der Waals surface area contributed by atoms with Crippen LogP contribution in [0.3, 0.4) is 0 Å². The number of aromatic nitrogens is 2. The summed E-state index contributed by atoms with van der Waals surface area (Å²) in [6.45, 7) is 0.535. The van der Waals surface area contributed by atoms with Crippen molar-refractivity contribution >= 4 is 39.4 Å². The van der Waals surface area contributed by atoms with Gasteiger partial charge in [0.05, 0.1) is 17.0 Å². The van der Waals surface area contributed by atoms with Gasteiger partial charge in [-0.1, -0.05) is 18.2 Å². The number of nitrogens with zero attached hydrogens (tertiary/aromatic N) is 3. The van der Waals surface area contributed by atoms with Crippen molar-refractivity contribution in [1.82, 2.24) is 14.3 Å². The summed E-state index contributed by atoms with van der Waals surface area (Å²) in [5.74, 6) is -2.67. The van der Waals surface area contributed by atoms with E-state index in [0.717, 1.165) is 11.1 Å². The van der Waals surface area contributed by atoms with E-state index in [4.69, 9.17) is 10.2 Å². The average molecular weight is 515 g/mol. The number of carbonyl (C=O) groups is 2. The van der Waals surface area contributed by atoms with Crippen LogP contribution >= 0.6 is 11.3 Å². The molecule has 3 rings (SSSR count). The second kappa shape index (κ2) is 13.0. The highest BCUT2D eigenvalue weighted by atomic mass is 32.2. The number of thiophene rings is 1. The van der Waals surface area contributed by atoms with Crippen molar-refractivity contribution in [1.29, 1.82) is 5.26 Å². The van der Waals surface area contributed by atoms with Gasteiger partial charge < -0.3 is 15.5 Å². The van der Waals surface area contributed by atoms with Crippen molar-refractivity contribution in [2.45, 2.75) is 6.54 Å². The lowest BCUT2D eigenvalue weighted by Crippen LogP contribution is -2.15. The summed E-state index contributed by atoms with van der Waals surface area (Å²) in [5, 5.41) is 31.5. The molecule has 0 spiro atoms. The van der Waals surface area contributed by atoms with Crippen molar-refractivity contribution in [2.24, 2.45) is 0 Å². The molecule has 3 aromatic rings. The molecule has 3 aromatic heterocycles. The fourth-order valence-corrected chi connectivity index (χ4v) is 4.82. The van der Waals surface area contributed by atoms with Gasteiger partial charge in [0.25, 0.3) is 0 Å². The molecule has 3 heterocycles. The van der Waals surface area contributed by atoms with Crippen molar-refractivity contribution < 1.29 is 28.2 Å². The SMILES string of the molecule is CNCc1cc(-c2cscc2C#N)n(S(=O)(=O)CC=Cc2cccnc2)c1.O=C(O)/C=C/C(=O)O. The monoisotopic (exact) mass is 514 g/mol. The molecule has 0 aromatic carbocycles. The fraction of sp³-hybridized carbons (Fsp3) is 0.130. The number of nitrogens with one attached hydrogen (secondary N) is 1. The normalized spacial score (nSPS) is 11.2. The van der Waals surface area contributed by atoms with Crippen LogP contribution < -0.4 is 5.32 Å². The summed E-state index contributed by atoms with van der Waals surface area (Å²) in [6.07, 6.45) is 9.39. The van der Waals surface area contributed by atoms with E-state index in [1.54, 1.807) is 54.6 Å². The topological polar surface area (TPSA) is 162 Å². The van der Waals surface area contributed by atoms with Crippen LogP contribution in [0.5, 0.6) is 0 Å². The Hall–Kier alpha value is -4.05. The third-order valence-corrected chi connectivity index (χ3v) is 6.51. The maximum absolute atomic E-state index is 13.0. The summed E-state index contributed by atoms with van der Waals surface area (Å²) in [4.78, 5) is 23.1. The zero-order valence-corrected chi connectivity index (χ0v) is 20.2. The van der Waals surface area contributed by atoms with E-state index in [0.29, 0.717) is 35.5 Å². The zero-order valence-electron chi connectivity index (χ0n) is 18.5. The van der Waals surface area contributed by atoms with Crippen molar-refractivity contribution in [3.05, 3.63) is 82.5 Å². The van der Waals surface area contributed by atoms with Gasteiger partial charge in [0.15, 0.2) is 0 Å². The van der Waals surface area contributed by atoms with Gasteiger partial charge in [-0.2, -0.15) is 16.6 Å². The number of carboxylic acid groups (broad SMARTS) is 2. The maximum atomic E-state index is 13.0.